The molecule has 5 nitrogen and oxygen atoms in total. The molecule has 0 bridgehead atoms. The molecule has 0 saturated heterocycles. The number of thioether (sulfide) groups is 1. The van der Waals surface area contributed by atoms with Crippen LogP contribution in [0.1, 0.15) is 27.2 Å². The lowest BCUT2D eigenvalue weighted by Crippen LogP contribution is -2.46. The molecule has 0 aliphatic rings. The molecular formula is C12H27IN4OS. The molecule has 0 fully saturated rings. The second kappa shape index (κ2) is 11.6. The van der Waals surface area contributed by atoms with Gasteiger partial charge in [-0.25, -0.2) is 0 Å². The van der Waals surface area contributed by atoms with Gasteiger partial charge in [0.25, 0.3) is 0 Å². The van der Waals surface area contributed by atoms with Crippen LogP contribution in [-0.4, -0.2) is 49.6 Å². The molecule has 0 heterocycles. The fourth-order valence-electron chi connectivity index (χ4n) is 1.08. The Labute approximate surface area is 138 Å². The Morgan fingerprint density at radius 3 is 2.37 bits per heavy atom. The number of rotatable bonds is 7. The summed E-state index contributed by atoms with van der Waals surface area (Å²) in [5, 5.41) is 9.01. The van der Waals surface area contributed by atoms with Gasteiger partial charge in [0.05, 0.1) is 6.54 Å². The number of hydrogen-bond acceptors (Lipinski definition) is 3. The number of carbonyl (C=O) groups excluding carboxylic acids is 1. The standard InChI is InChI=1S/C12H26N4OS.HI/c1-6-7-14-10(17)8-15-11(13-4)16-9-12(2,3)18-5;/h6-9H2,1-5H3,(H,14,17)(H2,13,15,16);1H. The zero-order chi connectivity index (χ0) is 14.0. The first-order chi connectivity index (χ1) is 8.45. The van der Waals surface area contributed by atoms with Crippen LogP contribution >= 0.6 is 35.7 Å². The highest BCUT2D eigenvalue weighted by atomic mass is 127. The van der Waals surface area contributed by atoms with Gasteiger partial charge in [0, 0.05) is 24.9 Å². The van der Waals surface area contributed by atoms with Crippen LogP contribution in [0.25, 0.3) is 0 Å². The van der Waals surface area contributed by atoms with E-state index in [4.69, 9.17) is 0 Å². The zero-order valence-corrected chi connectivity index (χ0v) is 15.6. The second-order valence-electron chi connectivity index (χ2n) is 4.59. The second-order valence-corrected chi connectivity index (χ2v) is 6.11. The minimum absolute atomic E-state index is 0. The van der Waals surface area contributed by atoms with E-state index in [0.717, 1.165) is 13.0 Å². The highest BCUT2D eigenvalue weighted by Crippen LogP contribution is 2.19. The van der Waals surface area contributed by atoms with Crippen molar-refractivity contribution in [3.05, 3.63) is 0 Å². The molecule has 0 aliphatic carbocycles. The van der Waals surface area contributed by atoms with Gasteiger partial charge < -0.3 is 16.0 Å². The van der Waals surface area contributed by atoms with Crippen molar-refractivity contribution in [3.63, 3.8) is 0 Å². The number of aliphatic imine (C=N–C) groups is 1. The molecule has 7 heteroatoms. The molecule has 19 heavy (non-hydrogen) atoms. The fraction of sp³-hybridized carbons (Fsp3) is 0.833. The van der Waals surface area contributed by atoms with Crippen molar-refractivity contribution in [1.29, 1.82) is 0 Å². The van der Waals surface area contributed by atoms with Gasteiger partial charge in [-0.15, -0.1) is 24.0 Å². The monoisotopic (exact) mass is 402 g/mol. The molecule has 0 unspecified atom stereocenters. The summed E-state index contributed by atoms with van der Waals surface area (Å²) in [5.41, 5.74) is 0. The molecule has 114 valence electrons. The Balaban J connectivity index is 0. The largest absolute Gasteiger partial charge is 0.355 e. The number of nitrogens with one attached hydrogen (secondary N) is 3. The zero-order valence-electron chi connectivity index (χ0n) is 12.5. The van der Waals surface area contributed by atoms with Crippen LogP contribution in [0.5, 0.6) is 0 Å². The van der Waals surface area contributed by atoms with E-state index < -0.39 is 0 Å². The quantitative estimate of drug-likeness (QED) is 0.343. The molecule has 0 radical (unpaired) electrons. The minimum atomic E-state index is -0.0103. The van der Waals surface area contributed by atoms with Gasteiger partial charge in [0.15, 0.2) is 5.96 Å². The maximum Gasteiger partial charge on any atom is 0.239 e. The van der Waals surface area contributed by atoms with Crippen LogP contribution in [0.2, 0.25) is 0 Å². The third-order valence-electron chi connectivity index (χ3n) is 2.45. The lowest BCUT2D eigenvalue weighted by atomic mass is 10.2. The summed E-state index contributed by atoms with van der Waals surface area (Å²) in [7, 11) is 1.70. The summed E-state index contributed by atoms with van der Waals surface area (Å²) in [6.07, 6.45) is 3.02. The molecule has 0 saturated carbocycles. The first kappa shape index (κ1) is 21.1. The molecule has 0 aromatic rings. The highest BCUT2D eigenvalue weighted by molar-refractivity contribution is 14.0. The van der Waals surface area contributed by atoms with Crippen molar-refractivity contribution in [3.8, 4) is 0 Å². The molecule has 0 rings (SSSR count). The molecule has 0 aliphatic heterocycles. The van der Waals surface area contributed by atoms with E-state index in [1.54, 1.807) is 18.8 Å². The van der Waals surface area contributed by atoms with E-state index in [1.807, 2.05) is 6.92 Å². The SMILES string of the molecule is CCCNC(=O)CNC(=NC)NCC(C)(C)SC.I. The molecular weight excluding hydrogens is 375 g/mol. The topological polar surface area (TPSA) is 65.5 Å². The summed E-state index contributed by atoms with van der Waals surface area (Å²) >= 11 is 1.79. The van der Waals surface area contributed by atoms with Gasteiger partial charge in [0.1, 0.15) is 0 Å². The first-order valence-electron chi connectivity index (χ1n) is 6.21. The van der Waals surface area contributed by atoms with Gasteiger partial charge in [-0.1, -0.05) is 6.92 Å². The Kier molecular flexibility index (Phi) is 12.9. The van der Waals surface area contributed by atoms with E-state index in [-0.39, 0.29) is 41.2 Å². The summed E-state index contributed by atoms with van der Waals surface area (Å²) in [5.74, 6) is 0.646. The van der Waals surface area contributed by atoms with Gasteiger partial charge >= 0.3 is 0 Å². The van der Waals surface area contributed by atoms with Gasteiger partial charge in [-0.3, -0.25) is 9.79 Å². The fourth-order valence-corrected chi connectivity index (χ4v) is 1.30. The van der Waals surface area contributed by atoms with Crippen molar-refractivity contribution >= 4 is 47.6 Å². The van der Waals surface area contributed by atoms with Crippen LogP contribution in [-0.2, 0) is 4.79 Å². The van der Waals surface area contributed by atoms with Crippen molar-refractivity contribution in [2.45, 2.75) is 31.9 Å². The van der Waals surface area contributed by atoms with Crippen molar-refractivity contribution in [2.75, 3.05) is 32.9 Å². The van der Waals surface area contributed by atoms with Crippen LogP contribution in [0.3, 0.4) is 0 Å². The third-order valence-corrected chi connectivity index (χ3v) is 3.70. The molecule has 0 atom stereocenters. The van der Waals surface area contributed by atoms with Crippen LogP contribution in [0.4, 0.5) is 0 Å². The van der Waals surface area contributed by atoms with Crippen LogP contribution in [0, 0.1) is 0 Å². The summed E-state index contributed by atoms with van der Waals surface area (Å²) in [6, 6.07) is 0. The summed E-state index contributed by atoms with van der Waals surface area (Å²) in [4.78, 5) is 15.5. The van der Waals surface area contributed by atoms with Crippen LogP contribution < -0.4 is 16.0 Å². The average molecular weight is 402 g/mol. The lowest BCUT2D eigenvalue weighted by Gasteiger charge is -2.23. The number of amides is 1. The van der Waals surface area contributed by atoms with Gasteiger partial charge in [-0.05, 0) is 26.5 Å². The van der Waals surface area contributed by atoms with Crippen LogP contribution in [0.15, 0.2) is 4.99 Å². The van der Waals surface area contributed by atoms with E-state index >= 15 is 0 Å². The van der Waals surface area contributed by atoms with E-state index in [0.29, 0.717) is 12.5 Å². The van der Waals surface area contributed by atoms with E-state index in [2.05, 4.69) is 41.0 Å². The van der Waals surface area contributed by atoms with Gasteiger partial charge in [0.2, 0.25) is 5.91 Å². The normalized spacial score (nSPS) is 11.5. The maximum absolute atomic E-state index is 11.4. The summed E-state index contributed by atoms with van der Waals surface area (Å²) in [6.45, 7) is 8.10. The van der Waals surface area contributed by atoms with Crippen molar-refractivity contribution in [1.82, 2.24) is 16.0 Å². The highest BCUT2D eigenvalue weighted by Gasteiger charge is 2.16. The molecule has 0 aromatic heterocycles. The smallest absolute Gasteiger partial charge is 0.239 e. The van der Waals surface area contributed by atoms with Crippen molar-refractivity contribution in [2.24, 2.45) is 4.99 Å². The first-order valence-corrected chi connectivity index (χ1v) is 7.44. The Morgan fingerprint density at radius 2 is 1.89 bits per heavy atom. The Bertz CT molecular complexity index is 285. The van der Waals surface area contributed by atoms with Crippen molar-refractivity contribution < 1.29 is 4.79 Å². The molecule has 0 spiro atoms. The number of halogens is 1. The average Bonchev–Trinajstić information content (AvgIpc) is 2.36. The number of nitrogens with zero attached hydrogens (tertiary/aromatic N) is 1. The number of hydrogen-bond donors (Lipinski definition) is 3. The molecule has 3 N–H and O–H groups in total. The van der Waals surface area contributed by atoms with E-state index in [1.165, 1.54) is 0 Å². The maximum atomic E-state index is 11.4. The minimum Gasteiger partial charge on any atom is -0.355 e. The Morgan fingerprint density at radius 1 is 1.26 bits per heavy atom. The lowest BCUT2D eigenvalue weighted by molar-refractivity contribution is -0.120. The molecule has 1 amide bonds. The predicted octanol–water partition coefficient (Wildman–Crippen LogP) is 1.44. The third kappa shape index (κ3) is 11.4. The Hall–Kier alpha value is -0.180. The number of guanidine groups is 1. The predicted molar refractivity (Wildman–Crippen MR) is 95.7 cm³/mol. The van der Waals surface area contributed by atoms with E-state index in [9.17, 15) is 4.79 Å². The molecule has 0 aromatic carbocycles. The number of carbonyl (C=O) groups is 1. The summed E-state index contributed by atoms with van der Waals surface area (Å²) < 4.78 is 0.141. The van der Waals surface area contributed by atoms with Gasteiger partial charge in [-0.2, -0.15) is 11.8 Å².